The summed E-state index contributed by atoms with van der Waals surface area (Å²) in [5.41, 5.74) is 1.70. The summed E-state index contributed by atoms with van der Waals surface area (Å²) in [7, 11) is 4.07. The lowest BCUT2D eigenvalue weighted by Gasteiger charge is -2.19. The number of nitrogens with one attached hydrogen (secondary N) is 1. The molecule has 1 N–H and O–H groups in total. The van der Waals surface area contributed by atoms with Crippen LogP contribution in [0.2, 0.25) is 0 Å². The quantitative estimate of drug-likeness (QED) is 0.623. The minimum Gasteiger partial charge on any atom is -0.382 e. The van der Waals surface area contributed by atoms with Crippen molar-refractivity contribution in [1.82, 2.24) is 4.90 Å². The van der Waals surface area contributed by atoms with E-state index in [1.54, 1.807) is 13.0 Å². The Hall–Kier alpha value is -1.62. The molecule has 0 aliphatic rings. The molecule has 0 aliphatic heterocycles. The summed E-state index contributed by atoms with van der Waals surface area (Å²) in [6.45, 7) is 4.85. The Labute approximate surface area is 108 Å². The van der Waals surface area contributed by atoms with Crippen LogP contribution in [-0.2, 0) is 0 Å². The predicted molar refractivity (Wildman–Crippen MR) is 74.1 cm³/mol. The summed E-state index contributed by atoms with van der Waals surface area (Å²) in [5.74, 6) is 0. The zero-order chi connectivity index (χ0) is 13.7. The third-order valence-corrected chi connectivity index (χ3v) is 2.91. The van der Waals surface area contributed by atoms with Gasteiger partial charge in [0.1, 0.15) is 0 Å². The Morgan fingerprint density at radius 1 is 1.44 bits per heavy atom. The molecule has 0 heterocycles. The van der Waals surface area contributed by atoms with Gasteiger partial charge in [-0.15, -0.1) is 0 Å². The summed E-state index contributed by atoms with van der Waals surface area (Å²) in [4.78, 5) is 12.6. The number of nitrogens with zero attached hydrogens (tertiary/aromatic N) is 2. The maximum atomic E-state index is 10.8. The fourth-order valence-electron chi connectivity index (χ4n) is 1.77. The van der Waals surface area contributed by atoms with Gasteiger partial charge >= 0.3 is 0 Å². The van der Waals surface area contributed by atoms with Gasteiger partial charge in [-0.05, 0) is 47.0 Å². The molecule has 0 saturated carbocycles. The van der Waals surface area contributed by atoms with Crippen molar-refractivity contribution < 1.29 is 4.92 Å². The topological polar surface area (TPSA) is 58.4 Å². The highest BCUT2D eigenvalue weighted by atomic mass is 16.6. The molecule has 0 radical (unpaired) electrons. The normalized spacial score (nSPS) is 12.5. The molecule has 1 rings (SSSR count). The monoisotopic (exact) mass is 251 g/mol. The van der Waals surface area contributed by atoms with Gasteiger partial charge in [0.05, 0.1) is 4.92 Å². The number of nitro groups is 1. The van der Waals surface area contributed by atoms with Gasteiger partial charge in [-0.2, -0.15) is 0 Å². The minimum absolute atomic E-state index is 0.166. The molecule has 0 amide bonds. The summed E-state index contributed by atoms with van der Waals surface area (Å²) >= 11 is 0. The van der Waals surface area contributed by atoms with Crippen molar-refractivity contribution in [2.75, 3.05) is 26.0 Å². The molecule has 100 valence electrons. The first-order valence-corrected chi connectivity index (χ1v) is 6.07. The van der Waals surface area contributed by atoms with Crippen molar-refractivity contribution in [2.24, 2.45) is 0 Å². The van der Waals surface area contributed by atoms with Crippen LogP contribution in [0.15, 0.2) is 18.2 Å². The summed E-state index contributed by atoms with van der Waals surface area (Å²) in [6, 6.07) is 5.42. The van der Waals surface area contributed by atoms with E-state index in [2.05, 4.69) is 17.1 Å². The molecule has 18 heavy (non-hydrogen) atoms. The van der Waals surface area contributed by atoms with E-state index in [9.17, 15) is 10.1 Å². The molecule has 1 atom stereocenters. The van der Waals surface area contributed by atoms with Crippen LogP contribution >= 0.6 is 0 Å². The number of anilines is 1. The second-order valence-electron chi connectivity index (χ2n) is 4.84. The predicted octanol–water partition coefficient (Wildman–Crippen LogP) is 2.66. The van der Waals surface area contributed by atoms with Crippen LogP contribution in [0.3, 0.4) is 0 Å². The Morgan fingerprint density at radius 3 is 2.67 bits per heavy atom. The molecular formula is C13H21N3O2. The Kier molecular flexibility index (Phi) is 5.09. The van der Waals surface area contributed by atoms with Crippen molar-refractivity contribution in [2.45, 2.75) is 26.3 Å². The number of rotatable bonds is 6. The molecular weight excluding hydrogens is 230 g/mol. The van der Waals surface area contributed by atoms with Crippen LogP contribution < -0.4 is 5.32 Å². The third kappa shape index (κ3) is 4.00. The van der Waals surface area contributed by atoms with Crippen molar-refractivity contribution in [3.8, 4) is 0 Å². The Balaban J connectivity index is 2.73. The van der Waals surface area contributed by atoms with E-state index in [4.69, 9.17) is 0 Å². The van der Waals surface area contributed by atoms with Crippen LogP contribution in [0.4, 0.5) is 11.4 Å². The molecule has 5 nitrogen and oxygen atoms in total. The Bertz CT molecular complexity index is 419. The van der Waals surface area contributed by atoms with Crippen LogP contribution in [0.25, 0.3) is 0 Å². The highest BCUT2D eigenvalue weighted by molar-refractivity contribution is 5.60. The van der Waals surface area contributed by atoms with Gasteiger partial charge in [-0.3, -0.25) is 10.1 Å². The largest absolute Gasteiger partial charge is 0.382 e. The van der Waals surface area contributed by atoms with Crippen LogP contribution in [0.1, 0.15) is 18.9 Å². The van der Waals surface area contributed by atoms with Crippen molar-refractivity contribution in [1.29, 1.82) is 0 Å². The maximum Gasteiger partial charge on any atom is 0.274 e. The zero-order valence-electron chi connectivity index (χ0n) is 11.4. The molecule has 0 aromatic heterocycles. The lowest BCUT2D eigenvalue weighted by molar-refractivity contribution is -0.385. The first-order chi connectivity index (χ1) is 8.41. The van der Waals surface area contributed by atoms with E-state index < -0.39 is 0 Å². The fourth-order valence-corrected chi connectivity index (χ4v) is 1.77. The number of hydrogen-bond donors (Lipinski definition) is 1. The van der Waals surface area contributed by atoms with Crippen molar-refractivity contribution in [3.63, 3.8) is 0 Å². The maximum absolute atomic E-state index is 10.8. The standard InChI is InChI=1S/C13H21N3O2/c1-10(8-9-15(3)4)14-12-6-5-7-13(11(12)2)16(17)18/h5-7,10,14H,8-9H2,1-4H3. The Morgan fingerprint density at radius 2 is 2.11 bits per heavy atom. The third-order valence-electron chi connectivity index (χ3n) is 2.91. The molecule has 0 saturated heterocycles. The van der Waals surface area contributed by atoms with Gasteiger partial charge in [0.15, 0.2) is 0 Å². The van der Waals surface area contributed by atoms with Crippen molar-refractivity contribution in [3.05, 3.63) is 33.9 Å². The molecule has 0 aliphatic carbocycles. The smallest absolute Gasteiger partial charge is 0.274 e. The lowest BCUT2D eigenvalue weighted by atomic mass is 10.1. The number of nitro benzene ring substituents is 1. The van der Waals surface area contributed by atoms with Crippen molar-refractivity contribution >= 4 is 11.4 Å². The van der Waals surface area contributed by atoms with E-state index in [0.717, 1.165) is 18.7 Å². The van der Waals surface area contributed by atoms with Crippen LogP contribution in [0, 0.1) is 17.0 Å². The zero-order valence-corrected chi connectivity index (χ0v) is 11.4. The molecule has 0 fully saturated rings. The van der Waals surface area contributed by atoms with E-state index in [1.165, 1.54) is 6.07 Å². The molecule has 1 aromatic rings. The fraction of sp³-hybridized carbons (Fsp3) is 0.538. The van der Waals surface area contributed by atoms with E-state index in [0.29, 0.717) is 5.56 Å². The second-order valence-corrected chi connectivity index (χ2v) is 4.84. The van der Waals surface area contributed by atoms with Gasteiger partial charge in [0.25, 0.3) is 5.69 Å². The lowest BCUT2D eigenvalue weighted by Crippen LogP contribution is -2.23. The number of hydrogen-bond acceptors (Lipinski definition) is 4. The van der Waals surface area contributed by atoms with Crippen LogP contribution in [-0.4, -0.2) is 36.5 Å². The first-order valence-electron chi connectivity index (χ1n) is 6.07. The number of benzene rings is 1. The van der Waals surface area contributed by atoms with Gasteiger partial charge in [0, 0.05) is 23.4 Å². The molecule has 0 bridgehead atoms. The molecule has 0 spiro atoms. The average Bonchev–Trinajstić information content (AvgIpc) is 2.29. The summed E-state index contributed by atoms with van der Waals surface area (Å²) in [6.07, 6.45) is 0.995. The summed E-state index contributed by atoms with van der Waals surface area (Å²) in [5, 5.41) is 14.2. The van der Waals surface area contributed by atoms with Gasteiger partial charge in [0.2, 0.25) is 0 Å². The molecule has 1 aromatic carbocycles. The van der Waals surface area contributed by atoms with Gasteiger partial charge in [-0.25, -0.2) is 0 Å². The van der Waals surface area contributed by atoms with E-state index in [1.807, 2.05) is 20.2 Å². The van der Waals surface area contributed by atoms with Gasteiger partial charge < -0.3 is 10.2 Å². The van der Waals surface area contributed by atoms with Gasteiger partial charge in [-0.1, -0.05) is 6.07 Å². The van der Waals surface area contributed by atoms with E-state index >= 15 is 0 Å². The van der Waals surface area contributed by atoms with Crippen LogP contribution in [0.5, 0.6) is 0 Å². The highest BCUT2D eigenvalue weighted by Crippen LogP contribution is 2.25. The summed E-state index contributed by atoms with van der Waals surface area (Å²) < 4.78 is 0. The van der Waals surface area contributed by atoms with E-state index in [-0.39, 0.29) is 16.7 Å². The minimum atomic E-state index is -0.342. The highest BCUT2D eigenvalue weighted by Gasteiger charge is 2.14. The first kappa shape index (κ1) is 14.4. The second kappa shape index (κ2) is 6.35. The molecule has 5 heteroatoms. The average molecular weight is 251 g/mol. The molecule has 1 unspecified atom stereocenters. The SMILES string of the molecule is Cc1c(NC(C)CCN(C)C)cccc1[N+](=O)[O-].